The summed E-state index contributed by atoms with van der Waals surface area (Å²) in [6.07, 6.45) is 4.47. The number of hydrogen-bond donors (Lipinski definition) is 2. The number of hydrogen-bond acceptors (Lipinski definition) is 5. The van der Waals surface area contributed by atoms with Crippen LogP contribution in [0, 0.1) is 13.8 Å². The Bertz CT molecular complexity index is 1460. The van der Waals surface area contributed by atoms with Gasteiger partial charge in [-0.15, -0.1) is 0 Å². The first-order chi connectivity index (χ1) is 18.4. The van der Waals surface area contributed by atoms with Crippen LogP contribution in [0.15, 0.2) is 60.8 Å². The van der Waals surface area contributed by atoms with Gasteiger partial charge < -0.3 is 15.5 Å². The maximum atomic E-state index is 13.1. The van der Waals surface area contributed by atoms with E-state index in [4.69, 9.17) is 4.98 Å². The normalized spacial score (nSPS) is 13.8. The first-order valence-corrected chi connectivity index (χ1v) is 13.6. The Labute approximate surface area is 225 Å². The van der Waals surface area contributed by atoms with Crippen LogP contribution in [0.4, 0.5) is 11.6 Å². The molecule has 38 heavy (non-hydrogen) atoms. The number of fused-ring (bicyclic) bond motifs is 1. The van der Waals surface area contributed by atoms with Crippen molar-refractivity contribution in [2.75, 3.05) is 36.8 Å². The molecule has 6 heteroatoms. The highest BCUT2D eigenvalue weighted by Crippen LogP contribution is 2.28. The van der Waals surface area contributed by atoms with Gasteiger partial charge in [0.1, 0.15) is 0 Å². The van der Waals surface area contributed by atoms with Gasteiger partial charge in [0.15, 0.2) is 0 Å². The monoisotopic (exact) mass is 507 g/mol. The number of nitrogens with zero attached hydrogens (tertiary/aromatic N) is 3. The molecule has 0 atom stereocenters. The smallest absolute Gasteiger partial charge is 0.255 e. The molecule has 0 unspecified atom stereocenters. The van der Waals surface area contributed by atoms with Crippen molar-refractivity contribution in [3.05, 3.63) is 83.0 Å². The highest BCUT2D eigenvalue weighted by molar-refractivity contribution is 6.05. The molecule has 0 radical (unpaired) electrons. The molecule has 0 spiro atoms. The van der Waals surface area contributed by atoms with Crippen molar-refractivity contribution < 1.29 is 4.79 Å². The lowest BCUT2D eigenvalue weighted by Crippen LogP contribution is -2.26. The standard InChI is InChI=1S/C32H37N5O/c1-21(2)28-11-10-27(17-23(28)4)35-31(38)25-8-7-22(3)29(19-25)24-9-12-30-26(18-24)20-34-32(36-30)33-13-16-37-14-5-6-15-37/h7-12,17-21H,5-6,13-16H2,1-4H3,(H,35,38)(H,33,34,36). The summed E-state index contributed by atoms with van der Waals surface area (Å²) in [5, 5.41) is 7.40. The Hall–Kier alpha value is -3.77. The molecule has 5 rings (SSSR count). The summed E-state index contributed by atoms with van der Waals surface area (Å²) < 4.78 is 0. The number of carbonyl (C=O) groups excluding carboxylic acids is 1. The van der Waals surface area contributed by atoms with Crippen LogP contribution >= 0.6 is 0 Å². The number of aryl methyl sites for hydroxylation is 2. The van der Waals surface area contributed by atoms with E-state index in [1.807, 2.05) is 42.6 Å². The fraction of sp³-hybridized carbons (Fsp3) is 0.344. The van der Waals surface area contributed by atoms with Crippen molar-refractivity contribution in [3.63, 3.8) is 0 Å². The molecule has 2 N–H and O–H groups in total. The first kappa shape index (κ1) is 25.9. The van der Waals surface area contributed by atoms with E-state index in [1.54, 1.807) is 0 Å². The van der Waals surface area contributed by atoms with Crippen molar-refractivity contribution in [2.24, 2.45) is 0 Å². The highest BCUT2D eigenvalue weighted by atomic mass is 16.1. The number of carbonyl (C=O) groups is 1. The zero-order valence-electron chi connectivity index (χ0n) is 22.8. The maximum Gasteiger partial charge on any atom is 0.255 e. The highest BCUT2D eigenvalue weighted by Gasteiger charge is 2.13. The molecule has 1 aromatic heterocycles. The molecule has 196 valence electrons. The summed E-state index contributed by atoms with van der Waals surface area (Å²) >= 11 is 0. The lowest BCUT2D eigenvalue weighted by Gasteiger charge is -2.15. The minimum absolute atomic E-state index is 0.114. The van der Waals surface area contributed by atoms with E-state index in [-0.39, 0.29) is 5.91 Å². The van der Waals surface area contributed by atoms with Crippen LogP contribution in [0.2, 0.25) is 0 Å². The van der Waals surface area contributed by atoms with Crippen LogP contribution in [-0.2, 0) is 0 Å². The van der Waals surface area contributed by atoms with E-state index in [0.29, 0.717) is 17.4 Å². The lowest BCUT2D eigenvalue weighted by atomic mass is 9.96. The van der Waals surface area contributed by atoms with Crippen LogP contribution in [-0.4, -0.2) is 47.0 Å². The summed E-state index contributed by atoms with van der Waals surface area (Å²) in [7, 11) is 0. The number of nitrogens with one attached hydrogen (secondary N) is 2. The van der Waals surface area contributed by atoms with Gasteiger partial charge in [0.25, 0.3) is 5.91 Å². The van der Waals surface area contributed by atoms with Gasteiger partial charge in [-0.05, 0) is 110 Å². The summed E-state index contributed by atoms with van der Waals surface area (Å²) in [5.41, 5.74) is 8.01. The number of benzene rings is 3. The predicted octanol–water partition coefficient (Wildman–Crippen LogP) is 6.80. The first-order valence-electron chi connectivity index (χ1n) is 13.6. The van der Waals surface area contributed by atoms with Crippen LogP contribution in [0.25, 0.3) is 22.0 Å². The molecule has 1 fully saturated rings. The second kappa shape index (κ2) is 11.3. The van der Waals surface area contributed by atoms with Crippen molar-refractivity contribution in [1.29, 1.82) is 0 Å². The van der Waals surface area contributed by atoms with E-state index in [1.165, 1.54) is 37.1 Å². The van der Waals surface area contributed by atoms with Gasteiger partial charge >= 0.3 is 0 Å². The van der Waals surface area contributed by atoms with Crippen molar-refractivity contribution in [2.45, 2.75) is 46.5 Å². The molecular weight excluding hydrogens is 470 g/mol. The largest absolute Gasteiger partial charge is 0.353 e. The quantitative estimate of drug-likeness (QED) is 0.275. The Morgan fingerprint density at radius 3 is 2.55 bits per heavy atom. The Kier molecular flexibility index (Phi) is 7.70. The molecule has 0 aliphatic carbocycles. The number of amides is 1. The zero-order valence-corrected chi connectivity index (χ0v) is 22.8. The predicted molar refractivity (Wildman–Crippen MR) is 157 cm³/mol. The van der Waals surface area contributed by atoms with Gasteiger partial charge in [-0.1, -0.05) is 32.0 Å². The summed E-state index contributed by atoms with van der Waals surface area (Å²) in [6.45, 7) is 12.8. The number of aromatic nitrogens is 2. The molecule has 0 saturated carbocycles. The van der Waals surface area contributed by atoms with E-state index < -0.39 is 0 Å². The minimum Gasteiger partial charge on any atom is -0.353 e. The van der Waals surface area contributed by atoms with E-state index in [0.717, 1.165) is 46.4 Å². The van der Waals surface area contributed by atoms with Crippen LogP contribution in [0.3, 0.4) is 0 Å². The van der Waals surface area contributed by atoms with Gasteiger partial charge in [-0.2, -0.15) is 0 Å². The van der Waals surface area contributed by atoms with Crippen LogP contribution in [0.5, 0.6) is 0 Å². The third kappa shape index (κ3) is 5.86. The van der Waals surface area contributed by atoms with Gasteiger partial charge in [0.05, 0.1) is 5.52 Å². The Morgan fingerprint density at radius 2 is 1.79 bits per heavy atom. The topological polar surface area (TPSA) is 70.2 Å². The SMILES string of the molecule is Cc1ccc(C(=O)Nc2ccc(C(C)C)c(C)c2)cc1-c1ccc2nc(NCCN3CCCC3)ncc2c1. The summed E-state index contributed by atoms with van der Waals surface area (Å²) in [5.74, 6) is 1.00. The average molecular weight is 508 g/mol. The molecule has 0 bridgehead atoms. The molecule has 1 amide bonds. The molecule has 6 nitrogen and oxygen atoms in total. The zero-order chi connectivity index (χ0) is 26.6. The number of rotatable bonds is 8. The molecule has 1 saturated heterocycles. The second-order valence-corrected chi connectivity index (χ2v) is 10.7. The number of likely N-dealkylation sites (tertiary alicyclic amines) is 1. The molecule has 2 heterocycles. The van der Waals surface area contributed by atoms with Gasteiger partial charge in [-0.3, -0.25) is 4.79 Å². The Balaban J connectivity index is 1.31. The molecule has 1 aliphatic heterocycles. The van der Waals surface area contributed by atoms with Crippen molar-refractivity contribution in [1.82, 2.24) is 14.9 Å². The maximum absolute atomic E-state index is 13.1. The Morgan fingerprint density at radius 1 is 0.974 bits per heavy atom. The van der Waals surface area contributed by atoms with Gasteiger partial charge in [-0.25, -0.2) is 9.97 Å². The minimum atomic E-state index is -0.114. The third-order valence-corrected chi connectivity index (χ3v) is 7.45. The molecule has 4 aromatic rings. The van der Waals surface area contributed by atoms with Gasteiger partial charge in [0.2, 0.25) is 5.95 Å². The second-order valence-electron chi connectivity index (χ2n) is 10.7. The van der Waals surface area contributed by atoms with Crippen molar-refractivity contribution in [3.8, 4) is 11.1 Å². The fourth-order valence-electron chi connectivity index (χ4n) is 5.30. The van der Waals surface area contributed by atoms with E-state index in [2.05, 4.69) is 66.4 Å². The molecule has 3 aromatic carbocycles. The van der Waals surface area contributed by atoms with Gasteiger partial charge in [0, 0.05) is 35.9 Å². The van der Waals surface area contributed by atoms with Crippen LogP contribution < -0.4 is 10.6 Å². The summed E-state index contributed by atoms with van der Waals surface area (Å²) in [6, 6.07) is 18.2. The lowest BCUT2D eigenvalue weighted by molar-refractivity contribution is 0.102. The third-order valence-electron chi connectivity index (χ3n) is 7.45. The van der Waals surface area contributed by atoms with E-state index >= 15 is 0 Å². The van der Waals surface area contributed by atoms with E-state index in [9.17, 15) is 4.79 Å². The fourth-order valence-corrected chi connectivity index (χ4v) is 5.30. The molecular formula is C32H37N5O. The summed E-state index contributed by atoms with van der Waals surface area (Å²) in [4.78, 5) is 24.8. The van der Waals surface area contributed by atoms with Crippen molar-refractivity contribution >= 4 is 28.4 Å². The molecule has 1 aliphatic rings. The number of anilines is 2. The van der Waals surface area contributed by atoms with Crippen LogP contribution in [0.1, 0.15) is 59.7 Å². The average Bonchev–Trinajstić information content (AvgIpc) is 3.42.